The molecule has 0 amide bonds. The molecule has 94 valence electrons. The Morgan fingerprint density at radius 1 is 1.29 bits per heavy atom. The Hall–Kier alpha value is -0.620. The van der Waals surface area contributed by atoms with Crippen LogP contribution in [0, 0.1) is 0 Å². The van der Waals surface area contributed by atoms with E-state index in [2.05, 4.69) is 4.72 Å². The Bertz CT molecular complexity index is 483. The maximum absolute atomic E-state index is 12.0. The molecule has 0 bridgehead atoms. The van der Waals surface area contributed by atoms with Gasteiger partial charge >= 0.3 is 0 Å². The third-order valence-electron chi connectivity index (χ3n) is 2.65. The van der Waals surface area contributed by atoms with Crippen LogP contribution in [0.25, 0.3) is 0 Å². The van der Waals surface area contributed by atoms with Crippen LogP contribution in [-0.2, 0) is 14.8 Å². The van der Waals surface area contributed by atoms with Gasteiger partial charge in [0.25, 0.3) is 0 Å². The molecular formula is C11H14ClNO3S. The summed E-state index contributed by atoms with van der Waals surface area (Å²) in [5.41, 5.74) is 0. The first-order valence-corrected chi connectivity index (χ1v) is 7.30. The van der Waals surface area contributed by atoms with Crippen LogP contribution in [0.5, 0.6) is 0 Å². The monoisotopic (exact) mass is 275 g/mol. The molecular weight excluding hydrogens is 262 g/mol. The van der Waals surface area contributed by atoms with Gasteiger partial charge in [-0.25, -0.2) is 13.1 Å². The second-order valence-electron chi connectivity index (χ2n) is 3.97. The first-order valence-electron chi connectivity index (χ1n) is 5.43. The minimum absolute atomic E-state index is 0.0484. The van der Waals surface area contributed by atoms with E-state index < -0.39 is 10.0 Å². The molecule has 2 rings (SSSR count). The molecule has 0 unspecified atom stereocenters. The SMILES string of the molecule is O=S(=O)(NC1CCOCC1)c1cccc(Cl)c1. The highest BCUT2D eigenvalue weighted by molar-refractivity contribution is 7.89. The largest absolute Gasteiger partial charge is 0.381 e. The topological polar surface area (TPSA) is 55.4 Å². The highest BCUT2D eigenvalue weighted by atomic mass is 35.5. The van der Waals surface area contributed by atoms with Crippen molar-refractivity contribution >= 4 is 21.6 Å². The zero-order valence-electron chi connectivity index (χ0n) is 9.23. The van der Waals surface area contributed by atoms with Crippen molar-refractivity contribution in [2.24, 2.45) is 0 Å². The Morgan fingerprint density at radius 2 is 2.00 bits per heavy atom. The van der Waals surface area contributed by atoms with E-state index in [1.54, 1.807) is 12.1 Å². The standard InChI is InChI=1S/C11H14ClNO3S/c12-9-2-1-3-11(8-9)17(14,15)13-10-4-6-16-7-5-10/h1-3,8,10,13H,4-7H2. The number of halogens is 1. The van der Waals surface area contributed by atoms with E-state index in [-0.39, 0.29) is 10.9 Å². The van der Waals surface area contributed by atoms with E-state index in [4.69, 9.17) is 16.3 Å². The van der Waals surface area contributed by atoms with E-state index in [0.717, 1.165) is 0 Å². The third kappa shape index (κ3) is 3.42. The molecule has 0 aliphatic carbocycles. The van der Waals surface area contributed by atoms with Crippen LogP contribution in [0.1, 0.15) is 12.8 Å². The van der Waals surface area contributed by atoms with Gasteiger partial charge in [-0.3, -0.25) is 0 Å². The van der Waals surface area contributed by atoms with Crippen molar-refractivity contribution in [3.63, 3.8) is 0 Å². The van der Waals surface area contributed by atoms with Gasteiger partial charge in [0.05, 0.1) is 4.90 Å². The lowest BCUT2D eigenvalue weighted by Crippen LogP contribution is -2.38. The summed E-state index contributed by atoms with van der Waals surface area (Å²) >= 11 is 5.78. The minimum atomic E-state index is -3.47. The van der Waals surface area contributed by atoms with Crippen molar-refractivity contribution in [2.75, 3.05) is 13.2 Å². The molecule has 17 heavy (non-hydrogen) atoms. The molecule has 1 aromatic carbocycles. The molecule has 0 spiro atoms. The maximum Gasteiger partial charge on any atom is 0.240 e. The molecule has 1 N–H and O–H groups in total. The van der Waals surface area contributed by atoms with Gasteiger partial charge < -0.3 is 4.74 Å². The zero-order chi connectivity index (χ0) is 12.3. The van der Waals surface area contributed by atoms with E-state index >= 15 is 0 Å². The Labute approximate surface area is 106 Å². The van der Waals surface area contributed by atoms with Crippen molar-refractivity contribution in [2.45, 2.75) is 23.8 Å². The summed E-state index contributed by atoms with van der Waals surface area (Å²) in [6, 6.07) is 6.21. The predicted molar refractivity (Wildman–Crippen MR) is 65.6 cm³/mol. The molecule has 1 aromatic rings. The van der Waals surface area contributed by atoms with Crippen LogP contribution in [0.15, 0.2) is 29.2 Å². The molecule has 1 heterocycles. The fourth-order valence-electron chi connectivity index (χ4n) is 1.74. The molecule has 0 radical (unpaired) electrons. The molecule has 1 aliphatic heterocycles. The highest BCUT2D eigenvalue weighted by Crippen LogP contribution is 2.17. The van der Waals surface area contributed by atoms with Gasteiger partial charge in [-0.15, -0.1) is 0 Å². The summed E-state index contributed by atoms with van der Waals surface area (Å²) in [4.78, 5) is 0.205. The molecule has 1 saturated heterocycles. The zero-order valence-corrected chi connectivity index (χ0v) is 10.8. The smallest absolute Gasteiger partial charge is 0.240 e. The summed E-state index contributed by atoms with van der Waals surface area (Å²) in [5.74, 6) is 0. The fourth-order valence-corrected chi connectivity index (χ4v) is 3.34. The average molecular weight is 276 g/mol. The minimum Gasteiger partial charge on any atom is -0.381 e. The lowest BCUT2D eigenvalue weighted by atomic mass is 10.1. The molecule has 1 fully saturated rings. The Morgan fingerprint density at radius 3 is 2.65 bits per heavy atom. The molecule has 0 aromatic heterocycles. The fraction of sp³-hybridized carbons (Fsp3) is 0.455. The number of rotatable bonds is 3. The van der Waals surface area contributed by atoms with E-state index in [1.165, 1.54) is 12.1 Å². The van der Waals surface area contributed by atoms with Crippen LogP contribution in [-0.4, -0.2) is 27.7 Å². The van der Waals surface area contributed by atoms with Gasteiger partial charge in [0.15, 0.2) is 0 Å². The van der Waals surface area contributed by atoms with Crippen molar-refractivity contribution in [3.05, 3.63) is 29.3 Å². The number of nitrogens with one attached hydrogen (secondary N) is 1. The van der Waals surface area contributed by atoms with Gasteiger partial charge in [-0.1, -0.05) is 17.7 Å². The Kier molecular flexibility index (Phi) is 4.04. The van der Waals surface area contributed by atoms with Crippen LogP contribution in [0.3, 0.4) is 0 Å². The number of sulfonamides is 1. The van der Waals surface area contributed by atoms with Crippen LogP contribution in [0.4, 0.5) is 0 Å². The molecule has 0 atom stereocenters. The highest BCUT2D eigenvalue weighted by Gasteiger charge is 2.22. The summed E-state index contributed by atoms with van der Waals surface area (Å²) in [6.07, 6.45) is 1.42. The van der Waals surface area contributed by atoms with Gasteiger partial charge in [0.1, 0.15) is 0 Å². The lowest BCUT2D eigenvalue weighted by molar-refractivity contribution is 0.0832. The van der Waals surface area contributed by atoms with Gasteiger partial charge in [-0.05, 0) is 31.0 Å². The number of hydrogen-bond donors (Lipinski definition) is 1. The van der Waals surface area contributed by atoms with Crippen molar-refractivity contribution in [1.82, 2.24) is 4.72 Å². The van der Waals surface area contributed by atoms with Gasteiger partial charge in [0.2, 0.25) is 10.0 Å². The van der Waals surface area contributed by atoms with Gasteiger partial charge in [0, 0.05) is 24.3 Å². The van der Waals surface area contributed by atoms with Crippen molar-refractivity contribution in [3.8, 4) is 0 Å². The molecule has 6 heteroatoms. The number of ether oxygens (including phenoxy) is 1. The average Bonchev–Trinajstić information content (AvgIpc) is 2.30. The number of benzene rings is 1. The summed E-state index contributed by atoms with van der Waals surface area (Å²) in [7, 11) is -3.47. The van der Waals surface area contributed by atoms with E-state index in [1.807, 2.05) is 0 Å². The molecule has 1 aliphatic rings. The lowest BCUT2D eigenvalue weighted by Gasteiger charge is -2.22. The van der Waals surface area contributed by atoms with Crippen molar-refractivity contribution in [1.29, 1.82) is 0 Å². The van der Waals surface area contributed by atoms with E-state index in [9.17, 15) is 8.42 Å². The summed E-state index contributed by atoms with van der Waals surface area (Å²) in [6.45, 7) is 1.20. The molecule has 4 nitrogen and oxygen atoms in total. The first-order chi connectivity index (χ1) is 8.08. The van der Waals surface area contributed by atoms with Crippen LogP contribution >= 0.6 is 11.6 Å². The van der Waals surface area contributed by atoms with Crippen molar-refractivity contribution < 1.29 is 13.2 Å². The quantitative estimate of drug-likeness (QED) is 0.915. The third-order valence-corrected chi connectivity index (χ3v) is 4.40. The summed E-state index contributed by atoms with van der Waals surface area (Å²) < 4.78 is 31.9. The van der Waals surface area contributed by atoms with E-state index in [0.29, 0.717) is 31.1 Å². The predicted octanol–water partition coefficient (Wildman–Crippen LogP) is 1.80. The van der Waals surface area contributed by atoms with Crippen LogP contribution < -0.4 is 4.72 Å². The molecule has 0 saturated carbocycles. The number of hydrogen-bond acceptors (Lipinski definition) is 3. The van der Waals surface area contributed by atoms with Gasteiger partial charge in [-0.2, -0.15) is 0 Å². The first kappa shape index (κ1) is 12.8. The second kappa shape index (κ2) is 5.35. The maximum atomic E-state index is 12.0. The summed E-state index contributed by atoms with van der Waals surface area (Å²) in [5, 5.41) is 0.417. The normalized spacial score (nSPS) is 18.2. The second-order valence-corrected chi connectivity index (χ2v) is 6.12. The Balaban J connectivity index is 2.13. The van der Waals surface area contributed by atoms with Crippen LogP contribution in [0.2, 0.25) is 5.02 Å².